The fraction of sp³-hybridized carbons (Fsp3) is 0.588. The Morgan fingerprint density at radius 3 is 2.83 bits per heavy atom. The van der Waals surface area contributed by atoms with Crippen molar-refractivity contribution in [3.05, 3.63) is 35.1 Å². The summed E-state index contributed by atoms with van der Waals surface area (Å²) in [5.74, 6) is -0.546. The van der Waals surface area contributed by atoms with Gasteiger partial charge in [-0.15, -0.1) is 0 Å². The van der Waals surface area contributed by atoms with Crippen LogP contribution >= 0.6 is 0 Å². The van der Waals surface area contributed by atoms with Gasteiger partial charge in [0.25, 0.3) is 0 Å². The van der Waals surface area contributed by atoms with Crippen molar-refractivity contribution in [3.63, 3.8) is 0 Å². The Balaban J connectivity index is 1.98. The van der Waals surface area contributed by atoms with Gasteiger partial charge in [0.1, 0.15) is 5.82 Å². The number of carbonyl (C=O) groups excluding carboxylic acids is 1. The van der Waals surface area contributed by atoms with Gasteiger partial charge < -0.3 is 4.74 Å². The summed E-state index contributed by atoms with van der Waals surface area (Å²) in [5, 5.41) is 8.66. The molecule has 0 aromatic heterocycles. The Labute approximate surface area is 136 Å². The van der Waals surface area contributed by atoms with Crippen LogP contribution in [-0.4, -0.2) is 48.4 Å². The molecule has 0 radical (unpaired) electrons. The first-order chi connectivity index (χ1) is 11.1. The molecule has 1 amide bonds. The molecule has 1 atom stereocenters. The van der Waals surface area contributed by atoms with Crippen LogP contribution < -0.4 is 5.48 Å². The first-order valence-electron chi connectivity index (χ1n) is 8.10. The molecular weight excluding hydrogens is 299 g/mol. The lowest BCUT2D eigenvalue weighted by Gasteiger charge is -2.34. The highest BCUT2D eigenvalue weighted by atomic mass is 19.1. The normalized spacial score (nSPS) is 17.0. The molecule has 0 bridgehead atoms. The first-order valence-corrected chi connectivity index (χ1v) is 8.10. The molecule has 1 aromatic carbocycles. The molecule has 0 spiro atoms. The second kappa shape index (κ2) is 8.96. The highest BCUT2D eigenvalue weighted by Gasteiger charge is 2.22. The Hall–Kier alpha value is -1.50. The number of amides is 1. The average Bonchev–Trinajstić information content (AvgIpc) is 2.58. The molecule has 128 valence electrons. The van der Waals surface area contributed by atoms with Gasteiger partial charge in [-0.2, -0.15) is 0 Å². The Bertz CT molecular complexity index is 519. The second-order valence-corrected chi connectivity index (χ2v) is 5.94. The number of carbonyl (C=O) groups is 1. The van der Waals surface area contributed by atoms with Gasteiger partial charge in [0.2, 0.25) is 5.91 Å². The molecule has 0 unspecified atom stereocenters. The van der Waals surface area contributed by atoms with Crippen LogP contribution in [0.25, 0.3) is 0 Å². The lowest BCUT2D eigenvalue weighted by molar-refractivity contribution is -0.129. The fourth-order valence-electron chi connectivity index (χ4n) is 3.05. The number of ether oxygens (including phenoxy) is 1. The van der Waals surface area contributed by atoms with Crippen LogP contribution in [0.4, 0.5) is 4.39 Å². The SMILES string of the molecule is Cc1c(F)cccc1CC[C@@H](CCC(=O)NO)N1CCOCC1. The molecule has 5 nitrogen and oxygen atoms in total. The van der Waals surface area contributed by atoms with Crippen molar-refractivity contribution in [1.29, 1.82) is 0 Å². The number of halogens is 1. The molecule has 1 aromatic rings. The number of nitrogens with zero attached hydrogens (tertiary/aromatic N) is 1. The highest BCUT2D eigenvalue weighted by Crippen LogP contribution is 2.19. The summed E-state index contributed by atoms with van der Waals surface area (Å²) in [6.07, 6.45) is 2.57. The second-order valence-electron chi connectivity index (χ2n) is 5.94. The zero-order chi connectivity index (χ0) is 16.7. The molecule has 1 aliphatic heterocycles. The Morgan fingerprint density at radius 1 is 1.39 bits per heavy atom. The molecule has 2 rings (SSSR count). The van der Waals surface area contributed by atoms with Gasteiger partial charge >= 0.3 is 0 Å². The van der Waals surface area contributed by atoms with Crippen LogP contribution in [-0.2, 0) is 16.0 Å². The largest absolute Gasteiger partial charge is 0.379 e. The van der Waals surface area contributed by atoms with E-state index in [1.54, 1.807) is 18.5 Å². The van der Waals surface area contributed by atoms with Gasteiger partial charge in [-0.05, 0) is 43.4 Å². The topological polar surface area (TPSA) is 61.8 Å². The van der Waals surface area contributed by atoms with E-state index in [2.05, 4.69) is 4.90 Å². The number of rotatable bonds is 7. The van der Waals surface area contributed by atoms with Gasteiger partial charge in [-0.1, -0.05) is 12.1 Å². The first kappa shape index (κ1) is 17.8. The van der Waals surface area contributed by atoms with Crippen LogP contribution in [0, 0.1) is 12.7 Å². The lowest BCUT2D eigenvalue weighted by atomic mass is 9.97. The molecule has 1 aliphatic rings. The minimum Gasteiger partial charge on any atom is -0.379 e. The van der Waals surface area contributed by atoms with Crippen LogP contribution in [0.3, 0.4) is 0 Å². The number of hydroxylamine groups is 1. The summed E-state index contributed by atoms with van der Waals surface area (Å²) in [6, 6.07) is 5.39. The number of aryl methyl sites for hydroxylation is 1. The number of hydrogen-bond donors (Lipinski definition) is 2. The molecule has 0 aliphatic carbocycles. The van der Waals surface area contributed by atoms with Crippen molar-refractivity contribution in [3.8, 4) is 0 Å². The van der Waals surface area contributed by atoms with Crippen molar-refractivity contribution in [2.24, 2.45) is 0 Å². The Morgan fingerprint density at radius 2 is 2.13 bits per heavy atom. The minimum absolute atomic E-state index is 0.176. The van der Waals surface area contributed by atoms with Crippen molar-refractivity contribution >= 4 is 5.91 Å². The maximum Gasteiger partial charge on any atom is 0.243 e. The lowest BCUT2D eigenvalue weighted by Crippen LogP contribution is -2.44. The van der Waals surface area contributed by atoms with Gasteiger partial charge in [-0.25, -0.2) is 9.87 Å². The zero-order valence-electron chi connectivity index (χ0n) is 13.6. The summed E-state index contributed by atoms with van der Waals surface area (Å²) in [6.45, 7) is 4.87. The number of morpholine rings is 1. The summed E-state index contributed by atoms with van der Waals surface area (Å²) < 4.78 is 19.0. The smallest absolute Gasteiger partial charge is 0.243 e. The van der Waals surface area contributed by atoms with Gasteiger partial charge in [0.15, 0.2) is 0 Å². The Kier molecular flexibility index (Phi) is 6.95. The third-order valence-corrected chi connectivity index (χ3v) is 4.52. The van der Waals surface area contributed by atoms with E-state index in [0.717, 1.165) is 31.5 Å². The summed E-state index contributed by atoms with van der Waals surface area (Å²) >= 11 is 0. The summed E-state index contributed by atoms with van der Waals surface area (Å²) in [4.78, 5) is 13.6. The zero-order valence-corrected chi connectivity index (χ0v) is 13.6. The fourth-order valence-corrected chi connectivity index (χ4v) is 3.05. The van der Waals surface area contributed by atoms with Crippen LogP contribution in [0.1, 0.15) is 30.4 Å². The van der Waals surface area contributed by atoms with E-state index in [1.165, 1.54) is 6.07 Å². The molecule has 6 heteroatoms. The molecule has 0 saturated carbocycles. The summed E-state index contributed by atoms with van der Waals surface area (Å²) in [5.41, 5.74) is 3.39. The summed E-state index contributed by atoms with van der Waals surface area (Å²) in [7, 11) is 0. The van der Waals surface area contributed by atoms with Crippen LogP contribution in [0.2, 0.25) is 0 Å². The minimum atomic E-state index is -0.370. The van der Waals surface area contributed by atoms with Gasteiger partial charge in [-0.3, -0.25) is 14.9 Å². The van der Waals surface area contributed by atoms with Crippen molar-refractivity contribution in [2.75, 3.05) is 26.3 Å². The van der Waals surface area contributed by atoms with Crippen molar-refractivity contribution in [2.45, 2.75) is 38.6 Å². The predicted molar refractivity (Wildman–Crippen MR) is 84.8 cm³/mol. The third kappa shape index (κ3) is 5.27. The van der Waals surface area contributed by atoms with Crippen molar-refractivity contribution < 1.29 is 19.1 Å². The third-order valence-electron chi connectivity index (χ3n) is 4.52. The van der Waals surface area contributed by atoms with E-state index >= 15 is 0 Å². The quantitative estimate of drug-likeness (QED) is 0.595. The average molecular weight is 324 g/mol. The van der Waals surface area contributed by atoms with Gasteiger partial charge in [0.05, 0.1) is 13.2 Å². The number of nitrogens with one attached hydrogen (secondary N) is 1. The molecule has 1 saturated heterocycles. The molecule has 23 heavy (non-hydrogen) atoms. The number of hydrogen-bond acceptors (Lipinski definition) is 4. The van der Waals surface area contributed by atoms with E-state index in [9.17, 15) is 9.18 Å². The standard InChI is InChI=1S/C17H25FN2O3/c1-13-14(3-2-4-16(13)18)5-6-15(7-8-17(21)19-22)20-9-11-23-12-10-20/h2-4,15,22H,5-12H2,1H3,(H,19,21)/t15-/m0/s1. The van der Waals surface area contributed by atoms with E-state index in [0.29, 0.717) is 25.2 Å². The molecule has 1 heterocycles. The molecular formula is C17H25FN2O3. The van der Waals surface area contributed by atoms with E-state index in [4.69, 9.17) is 9.94 Å². The highest BCUT2D eigenvalue weighted by molar-refractivity contribution is 5.74. The maximum absolute atomic E-state index is 13.7. The van der Waals surface area contributed by atoms with Crippen LogP contribution in [0.5, 0.6) is 0 Å². The number of benzene rings is 1. The van der Waals surface area contributed by atoms with Gasteiger partial charge in [0, 0.05) is 25.6 Å². The van der Waals surface area contributed by atoms with E-state index in [-0.39, 0.29) is 24.2 Å². The monoisotopic (exact) mass is 324 g/mol. The molecule has 2 N–H and O–H groups in total. The van der Waals surface area contributed by atoms with Crippen LogP contribution in [0.15, 0.2) is 18.2 Å². The maximum atomic E-state index is 13.7. The van der Waals surface area contributed by atoms with Crippen molar-refractivity contribution in [1.82, 2.24) is 10.4 Å². The predicted octanol–water partition coefficient (Wildman–Crippen LogP) is 2.05. The van der Waals surface area contributed by atoms with E-state index < -0.39 is 0 Å². The molecule has 1 fully saturated rings. The van der Waals surface area contributed by atoms with E-state index in [1.807, 2.05) is 6.07 Å².